The van der Waals surface area contributed by atoms with Crippen LogP contribution in [0.1, 0.15) is 51.2 Å². The summed E-state index contributed by atoms with van der Waals surface area (Å²) in [6, 6.07) is 18.6. The van der Waals surface area contributed by atoms with Crippen LogP contribution in [0.25, 0.3) is 0 Å². The van der Waals surface area contributed by atoms with E-state index >= 15 is 0 Å². The van der Waals surface area contributed by atoms with Gasteiger partial charge in [-0.1, -0.05) is 81.4 Å². The zero-order valence-corrected chi connectivity index (χ0v) is 24.3. The molecular formula is C28H41N3O5S2. The van der Waals surface area contributed by atoms with Crippen molar-refractivity contribution in [2.24, 2.45) is 5.92 Å². The number of hydrogen-bond acceptors (Lipinski definition) is 5. The van der Waals surface area contributed by atoms with Gasteiger partial charge >= 0.3 is 0 Å². The van der Waals surface area contributed by atoms with Gasteiger partial charge in [-0.2, -0.15) is 4.31 Å². The van der Waals surface area contributed by atoms with Gasteiger partial charge in [-0.05, 0) is 36.3 Å². The van der Waals surface area contributed by atoms with Crippen LogP contribution in [0, 0.1) is 5.92 Å². The van der Waals surface area contributed by atoms with E-state index in [4.69, 9.17) is 0 Å². The van der Waals surface area contributed by atoms with Crippen molar-refractivity contribution in [3.8, 4) is 0 Å². The lowest BCUT2D eigenvalue weighted by Gasteiger charge is -2.39. The molecule has 0 aromatic heterocycles. The normalized spacial score (nSPS) is 15.7. The summed E-state index contributed by atoms with van der Waals surface area (Å²) in [7, 11) is -7.04. The molecule has 3 rings (SSSR count). The number of benzene rings is 2. The minimum atomic E-state index is -3.56. The third kappa shape index (κ3) is 8.62. The lowest BCUT2D eigenvalue weighted by Crippen LogP contribution is -2.51. The van der Waals surface area contributed by atoms with Crippen molar-refractivity contribution in [3.63, 3.8) is 0 Å². The molecule has 1 fully saturated rings. The fraction of sp³-hybridized carbons (Fsp3) is 0.536. The Morgan fingerprint density at radius 1 is 0.921 bits per heavy atom. The third-order valence-corrected chi connectivity index (χ3v) is 10.5. The van der Waals surface area contributed by atoms with Gasteiger partial charge in [0.2, 0.25) is 26.0 Å². The number of rotatable bonds is 13. The van der Waals surface area contributed by atoms with Gasteiger partial charge in [0.15, 0.2) is 0 Å². The summed E-state index contributed by atoms with van der Waals surface area (Å²) < 4.78 is 54.8. The molecule has 0 unspecified atom stereocenters. The average molecular weight is 564 g/mol. The molecule has 0 N–H and O–H groups in total. The second-order valence-corrected chi connectivity index (χ2v) is 14.4. The number of carbonyl (C=O) groups excluding carboxylic acids is 1. The maximum Gasteiger partial charge on any atom is 0.238 e. The molecule has 10 heteroatoms. The molecule has 1 saturated heterocycles. The first-order valence-electron chi connectivity index (χ1n) is 13.3. The molecule has 1 aliphatic heterocycles. The van der Waals surface area contributed by atoms with Crippen molar-refractivity contribution < 1.29 is 21.6 Å². The Morgan fingerprint density at radius 3 is 2.00 bits per heavy atom. The Bertz CT molecular complexity index is 1230. The van der Waals surface area contributed by atoms with Crippen molar-refractivity contribution in [3.05, 3.63) is 71.8 Å². The van der Waals surface area contributed by atoms with Gasteiger partial charge in [0.05, 0.1) is 18.1 Å². The van der Waals surface area contributed by atoms with Crippen molar-refractivity contribution in [2.75, 3.05) is 31.9 Å². The summed E-state index contributed by atoms with van der Waals surface area (Å²) in [6.45, 7) is 6.76. The molecule has 38 heavy (non-hydrogen) atoms. The van der Waals surface area contributed by atoms with E-state index in [1.54, 1.807) is 17.0 Å². The van der Waals surface area contributed by atoms with Gasteiger partial charge in [0.25, 0.3) is 0 Å². The van der Waals surface area contributed by atoms with Gasteiger partial charge in [0.1, 0.15) is 0 Å². The lowest BCUT2D eigenvalue weighted by atomic mass is 10.0. The molecule has 2 aromatic carbocycles. The Hall–Kier alpha value is -2.27. The molecule has 2 aromatic rings. The first-order chi connectivity index (χ1) is 18.0. The van der Waals surface area contributed by atoms with E-state index in [1.165, 1.54) is 8.61 Å². The van der Waals surface area contributed by atoms with Crippen LogP contribution < -0.4 is 0 Å². The summed E-state index contributed by atoms with van der Waals surface area (Å²) in [5, 5.41) is 0. The zero-order chi connectivity index (χ0) is 27.8. The molecule has 0 radical (unpaired) electrons. The van der Waals surface area contributed by atoms with Crippen LogP contribution in [0.4, 0.5) is 0 Å². The predicted octanol–water partition coefficient (Wildman–Crippen LogP) is 3.71. The summed E-state index contributed by atoms with van der Waals surface area (Å²) in [6.07, 6.45) is 1.48. The number of sulfonamides is 2. The van der Waals surface area contributed by atoms with Crippen LogP contribution in [0.15, 0.2) is 60.7 Å². The Morgan fingerprint density at radius 2 is 1.47 bits per heavy atom. The van der Waals surface area contributed by atoms with Crippen LogP contribution in [-0.4, -0.2) is 74.2 Å². The first-order valence-corrected chi connectivity index (χ1v) is 16.6. The predicted molar refractivity (Wildman–Crippen MR) is 151 cm³/mol. The third-order valence-electron chi connectivity index (χ3n) is 6.70. The molecule has 1 amide bonds. The molecule has 0 saturated carbocycles. The first kappa shape index (κ1) is 30.3. The second kappa shape index (κ2) is 13.7. The van der Waals surface area contributed by atoms with Crippen LogP contribution in [0.5, 0.6) is 0 Å². The van der Waals surface area contributed by atoms with Crippen LogP contribution in [0.2, 0.25) is 0 Å². The quantitative estimate of drug-likeness (QED) is 0.370. The topological polar surface area (TPSA) is 95.1 Å². The van der Waals surface area contributed by atoms with Gasteiger partial charge < -0.3 is 4.90 Å². The van der Waals surface area contributed by atoms with Gasteiger partial charge in [-0.3, -0.25) is 4.79 Å². The molecule has 8 nitrogen and oxygen atoms in total. The summed E-state index contributed by atoms with van der Waals surface area (Å²) in [5.74, 6) is -0.219. The molecule has 0 aliphatic carbocycles. The highest BCUT2D eigenvalue weighted by atomic mass is 32.2. The van der Waals surface area contributed by atoms with E-state index in [0.717, 1.165) is 11.1 Å². The highest BCUT2D eigenvalue weighted by molar-refractivity contribution is 7.89. The molecule has 0 bridgehead atoms. The largest absolute Gasteiger partial charge is 0.334 e. The summed E-state index contributed by atoms with van der Waals surface area (Å²) in [5.41, 5.74) is 1.70. The number of piperidine rings is 1. The van der Waals surface area contributed by atoms with E-state index in [2.05, 4.69) is 0 Å². The van der Waals surface area contributed by atoms with E-state index in [9.17, 15) is 21.6 Å². The Kier molecular flexibility index (Phi) is 10.9. The van der Waals surface area contributed by atoms with Crippen molar-refractivity contribution in [1.82, 2.24) is 13.5 Å². The Balaban J connectivity index is 1.76. The number of amides is 1. The smallest absolute Gasteiger partial charge is 0.238 e. The maximum atomic E-state index is 13.7. The number of hydrogen-bond donors (Lipinski definition) is 0. The van der Waals surface area contributed by atoms with Crippen LogP contribution >= 0.6 is 0 Å². The average Bonchev–Trinajstić information content (AvgIpc) is 2.87. The minimum Gasteiger partial charge on any atom is -0.334 e. The van der Waals surface area contributed by atoms with Crippen molar-refractivity contribution >= 4 is 26.0 Å². The van der Waals surface area contributed by atoms with E-state index in [1.807, 2.05) is 69.3 Å². The molecule has 0 spiro atoms. The van der Waals surface area contributed by atoms with E-state index in [-0.39, 0.29) is 42.5 Å². The van der Waals surface area contributed by atoms with Crippen LogP contribution in [0.3, 0.4) is 0 Å². The molecular weight excluding hydrogens is 522 g/mol. The highest BCUT2D eigenvalue weighted by Crippen LogP contribution is 2.23. The number of nitrogens with zero attached hydrogens (tertiary/aromatic N) is 3. The molecule has 210 valence electrons. The van der Waals surface area contributed by atoms with Gasteiger partial charge in [-0.25, -0.2) is 21.1 Å². The fourth-order valence-corrected chi connectivity index (χ4v) is 7.99. The van der Waals surface area contributed by atoms with E-state index in [0.29, 0.717) is 38.9 Å². The SMILES string of the molecule is CCCS(=O)(=O)N(CC(=O)N(Cc1ccccc1)C1CCN(S(=O)(=O)Cc2ccccc2)CC1)CC(C)C. The Labute approximate surface area is 228 Å². The molecule has 0 atom stereocenters. The second-order valence-electron chi connectivity index (χ2n) is 10.4. The zero-order valence-electron chi connectivity index (χ0n) is 22.7. The van der Waals surface area contributed by atoms with Crippen LogP contribution in [-0.2, 0) is 37.1 Å². The van der Waals surface area contributed by atoms with Gasteiger partial charge in [0, 0.05) is 32.2 Å². The van der Waals surface area contributed by atoms with Crippen molar-refractivity contribution in [1.29, 1.82) is 0 Å². The lowest BCUT2D eigenvalue weighted by molar-refractivity contribution is -0.135. The molecule has 1 aliphatic rings. The molecule has 1 heterocycles. The summed E-state index contributed by atoms with van der Waals surface area (Å²) >= 11 is 0. The standard InChI is InChI=1S/C28H41N3O5S2/c1-4-19-37(33,34)30(20-24(2)3)22-28(32)31(21-25-11-7-5-8-12-25)27-15-17-29(18-16-27)38(35,36)23-26-13-9-6-10-14-26/h5-14,24,27H,4,15-23H2,1-3H3. The van der Waals surface area contributed by atoms with E-state index < -0.39 is 20.0 Å². The van der Waals surface area contributed by atoms with Gasteiger partial charge in [-0.15, -0.1) is 0 Å². The van der Waals surface area contributed by atoms with Crippen molar-refractivity contribution in [2.45, 2.75) is 58.4 Å². The monoisotopic (exact) mass is 563 g/mol. The highest BCUT2D eigenvalue weighted by Gasteiger charge is 2.34. The number of carbonyl (C=O) groups is 1. The summed E-state index contributed by atoms with van der Waals surface area (Å²) in [4.78, 5) is 15.5. The minimum absolute atomic E-state index is 0.00332. The maximum absolute atomic E-state index is 13.7. The fourth-order valence-electron chi connectivity index (χ4n) is 4.82.